The van der Waals surface area contributed by atoms with Crippen LogP contribution < -0.4 is 10.6 Å². The first kappa shape index (κ1) is 14.6. The van der Waals surface area contributed by atoms with Gasteiger partial charge < -0.3 is 10.4 Å². The summed E-state index contributed by atoms with van der Waals surface area (Å²) < 4.78 is 1.67. The minimum atomic E-state index is -0.959. The molecule has 1 aromatic heterocycles. The molecule has 1 heterocycles. The molecule has 0 saturated carbocycles. The van der Waals surface area contributed by atoms with Gasteiger partial charge in [0.2, 0.25) is 0 Å². The summed E-state index contributed by atoms with van der Waals surface area (Å²) >= 11 is 0. The summed E-state index contributed by atoms with van der Waals surface area (Å²) in [5, 5.41) is 17.7. The van der Waals surface area contributed by atoms with E-state index in [-0.39, 0.29) is 13.0 Å². The molecule has 0 aliphatic carbocycles. The van der Waals surface area contributed by atoms with Gasteiger partial charge in [-0.1, -0.05) is 30.3 Å². The normalized spacial score (nSPS) is 10.1. The summed E-state index contributed by atoms with van der Waals surface area (Å²) in [6.45, 7) is 0.0690. The molecule has 7 nitrogen and oxygen atoms in total. The van der Waals surface area contributed by atoms with Crippen LogP contribution in [0.2, 0.25) is 0 Å². The zero-order valence-electron chi connectivity index (χ0n) is 11.5. The number of amides is 2. The molecule has 0 atom stereocenters. The third kappa shape index (κ3) is 4.07. The van der Waals surface area contributed by atoms with Crippen LogP contribution >= 0.6 is 0 Å². The number of hydrogen-bond acceptors (Lipinski definition) is 3. The summed E-state index contributed by atoms with van der Waals surface area (Å²) in [6.07, 6.45) is -0.120. The minimum absolute atomic E-state index is 0.0690. The fourth-order valence-electron chi connectivity index (χ4n) is 1.85. The summed E-state index contributed by atoms with van der Waals surface area (Å²) in [4.78, 5) is 21.9. The number of hydrogen-bond donors (Lipinski definition) is 3. The Morgan fingerprint density at radius 1 is 1.29 bits per heavy atom. The molecular weight excluding hydrogens is 272 g/mol. The van der Waals surface area contributed by atoms with Crippen molar-refractivity contribution in [3.05, 3.63) is 36.4 Å². The van der Waals surface area contributed by atoms with Crippen LogP contribution in [0.25, 0.3) is 11.3 Å². The third-order valence-corrected chi connectivity index (χ3v) is 2.82. The van der Waals surface area contributed by atoms with Gasteiger partial charge in [-0.2, -0.15) is 5.10 Å². The molecule has 0 aliphatic heterocycles. The topological polar surface area (TPSA) is 96.3 Å². The summed E-state index contributed by atoms with van der Waals surface area (Å²) in [5.41, 5.74) is 1.86. The van der Waals surface area contributed by atoms with E-state index < -0.39 is 12.0 Å². The number of nitrogens with one attached hydrogen (secondary N) is 2. The Morgan fingerprint density at radius 3 is 2.67 bits per heavy atom. The van der Waals surface area contributed by atoms with Gasteiger partial charge in [0.25, 0.3) is 0 Å². The Bertz CT molecular complexity index is 637. The van der Waals surface area contributed by atoms with Crippen LogP contribution in [0.3, 0.4) is 0 Å². The van der Waals surface area contributed by atoms with Gasteiger partial charge in [-0.05, 0) is 5.56 Å². The van der Waals surface area contributed by atoms with Gasteiger partial charge in [0.05, 0.1) is 12.1 Å². The Kier molecular flexibility index (Phi) is 4.55. The lowest BCUT2D eigenvalue weighted by molar-refractivity contribution is -0.136. The molecule has 21 heavy (non-hydrogen) atoms. The van der Waals surface area contributed by atoms with Crippen LogP contribution in [0.1, 0.15) is 6.42 Å². The van der Waals surface area contributed by atoms with E-state index in [9.17, 15) is 9.59 Å². The zero-order chi connectivity index (χ0) is 15.2. The van der Waals surface area contributed by atoms with Crippen molar-refractivity contribution in [2.24, 2.45) is 7.05 Å². The number of aliphatic carboxylic acids is 1. The maximum Gasteiger partial charge on any atom is 0.320 e. The summed E-state index contributed by atoms with van der Waals surface area (Å²) in [5.74, 6) is -0.552. The van der Waals surface area contributed by atoms with E-state index in [1.807, 2.05) is 30.3 Å². The van der Waals surface area contributed by atoms with E-state index in [0.717, 1.165) is 11.3 Å². The standard InChI is InChI=1S/C14H16N4O3/c1-18-11(10-5-3-2-4-6-10)9-12(17-18)16-14(21)15-8-7-13(19)20/h2-6,9H,7-8H2,1H3,(H,19,20)(H2,15,16,17,21). The molecular formula is C14H16N4O3. The van der Waals surface area contributed by atoms with Crippen molar-refractivity contribution < 1.29 is 14.7 Å². The van der Waals surface area contributed by atoms with Gasteiger partial charge >= 0.3 is 12.0 Å². The Morgan fingerprint density at radius 2 is 2.00 bits per heavy atom. The first-order valence-corrected chi connectivity index (χ1v) is 6.42. The molecule has 7 heteroatoms. The van der Waals surface area contributed by atoms with Crippen LogP contribution in [0.4, 0.5) is 10.6 Å². The molecule has 0 radical (unpaired) electrons. The van der Waals surface area contributed by atoms with Crippen LogP contribution in [-0.4, -0.2) is 33.4 Å². The molecule has 1 aromatic carbocycles. The number of aryl methyl sites for hydroxylation is 1. The first-order valence-electron chi connectivity index (χ1n) is 6.42. The molecule has 2 amide bonds. The molecule has 0 aliphatic rings. The number of nitrogens with zero attached hydrogens (tertiary/aromatic N) is 2. The van der Waals surface area contributed by atoms with E-state index in [0.29, 0.717) is 5.82 Å². The Labute approximate surface area is 121 Å². The molecule has 2 aromatic rings. The molecule has 0 unspecified atom stereocenters. The van der Waals surface area contributed by atoms with Gasteiger partial charge in [-0.25, -0.2) is 4.79 Å². The number of carboxylic acids is 1. The summed E-state index contributed by atoms with van der Waals surface area (Å²) in [6, 6.07) is 11.0. The number of rotatable bonds is 5. The van der Waals surface area contributed by atoms with Crippen molar-refractivity contribution in [3.8, 4) is 11.3 Å². The van der Waals surface area contributed by atoms with Gasteiger partial charge in [-0.3, -0.25) is 14.8 Å². The number of carboxylic acid groups (broad SMARTS) is 1. The van der Waals surface area contributed by atoms with E-state index in [4.69, 9.17) is 5.11 Å². The lowest BCUT2D eigenvalue weighted by Gasteiger charge is -2.03. The van der Waals surface area contributed by atoms with Gasteiger partial charge in [-0.15, -0.1) is 0 Å². The quantitative estimate of drug-likeness (QED) is 0.780. The van der Waals surface area contributed by atoms with Crippen LogP contribution in [0.5, 0.6) is 0 Å². The third-order valence-electron chi connectivity index (χ3n) is 2.82. The van der Waals surface area contributed by atoms with Crippen LogP contribution in [-0.2, 0) is 11.8 Å². The van der Waals surface area contributed by atoms with Crippen LogP contribution in [0, 0.1) is 0 Å². The lowest BCUT2D eigenvalue weighted by Crippen LogP contribution is -2.30. The smallest absolute Gasteiger partial charge is 0.320 e. The van der Waals surface area contributed by atoms with Gasteiger partial charge in [0, 0.05) is 19.7 Å². The Balaban J connectivity index is 1.99. The fourth-order valence-corrected chi connectivity index (χ4v) is 1.85. The maximum absolute atomic E-state index is 11.6. The van der Waals surface area contributed by atoms with Crippen molar-refractivity contribution in [2.75, 3.05) is 11.9 Å². The number of aromatic nitrogens is 2. The van der Waals surface area contributed by atoms with E-state index in [1.165, 1.54) is 0 Å². The largest absolute Gasteiger partial charge is 0.481 e. The number of benzene rings is 1. The highest BCUT2D eigenvalue weighted by Gasteiger charge is 2.09. The highest BCUT2D eigenvalue weighted by atomic mass is 16.4. The molecule has 2 rings (SSSR count). The van der Waals surface area contributed by atoms with Crippen molar-refractivity contribution >= 4 is 17.8 Å². The highest BCUT2D eigenvalue weighted by molar-refractivity contribution is 5.89. The van der Waals surface area contributed by atoms with E-state index in [1.54, 1.807) is 17.8 Å². The number of carbonyl (C=O) groups excluding carboxylic acids is 1. The number of carbonyl (C=O) groups is 2. The van der Waals surface area contributed by atoms with Gasteiger partial charge in [0.15, 0.2) is 5.82 Å². The van der Waals surface area contributed by atoms with Gasteiger partial charge in [0.1, 0.15) is 0 Å². The second-order valence-electron chi connectivity index (χ2n) is 4.43. The lowest BCUT2D eigenvalue weighted by atomic mass is 10.1. The molecule has 0 spiro atoms. The van der Waals surface area contributed by atoms with Crippen LogP contribution in [0.15, 0.2) is 36.4 Å². The average molecular weight is 288 g/mol. The predicted molar refractivity (Wildman–Crippen MR) is 77.9 cm³/mol. The zero-order valence-corrected chi connectivity index (χ0v) is 11.5. The highest BCUT2D eigenvalue weighted by Crippen LogP contribution is 2.21. The van der Waals surface area contributed by atoms with Crippen molar-refractivity contribution in [3.63, 3.8) is 0 Å². The molecule has 110 valence electrons. The SMILES string of the molecule is Cn1nc(NC(=O)NCCC(=O)O)cc1-c1ccccc1. The van der Waals surface area contributed by atoms with E-state index in [2.05, 4.69) is 15.7 Å². The number of urea groups is 1. The Hall–Kier alpha value is -2.83. The number of anilines is 1. The predicted octanol–water partition coefficient (Wildman–Crippen LogP) is 1.68. The summed E-state index contributed by atoms with van der Waals surface area (Å²) in [7, 11) is 1.79. The van der Waals surface area contributed by atoms with Crippen molar-refractivity contribution in [1.82, 2.24) is 15.1 Å². The molecule has 0 saturated heterocycles. The first-order chi connectivity index (χ1) is 10.1. The minimum Gasteiger partial charge on any atom is -0.481 e. The monoisotopic (exact) mass is 288 g/mol. The molecule has 3 N–H and O–H groups in total. The fraction of sp³-hybridized carbons (Fsp3) is 0.214. The van der Waals surface area contributed by atoms with E-state index >= 15 is 0 Å². The van der Waals surface area contributed by atoms with Crippen molar-refractivity contribution in [2.45, 2.75) is 6.42 Å². The molecule has 0 fully saturated rings. The van der Waals surface area contributed by atoms with Crippen molar-refractivity contribution in [1.29, 1.82) is 0 Å². The average Bonchev–Trinajstić information content (AvgIpc) is 2.80. The second-order valence-corrected chi connectivity index (χ2v) is 4.43. The maximum atomic E-state index is 11.6. The molecule has 0 bridgehead atoms. The second kappa shape index (κ2) is 6.56.